The number of amides is 1. The van der Waals surface area contributed by atoms with E-state index in [9.17, 15) is 9.59 Å². The van der Waals surface area contributed by atoms with Crippen molar-refractivity contribution in [2.75, 3.05) is 5.75 Å². The van der Waals surface area contributed by atoms with Crippen LogP contribution in [0.1, 0.15) is 23.7 Å². The van der Waals surface area contributed by atoms with Gasteiger partial charge in [-0.25, -0.2) is 0 Å². The van der Waals surface area contributed by atoms with Gasteiger partial charge in [-0.2, -0.15) is 0 Å². The van der Waals surface area contributed by atoms with E-state index in [-0.39, 0.29) is 23.8 Å². The van der Waals surface area contributed by atoms with Gasteiger partial charge < -0.3 is 14.9 Å². The van der Waals surface area contributed by atoms with Gasteiger partial charge in [0.1, 0.15) is 0 Å². The maximum absolute atomic E-state index is 12.3. The summed E-state index contributed by atoms with van der Waals surface area (Å²) in [6.07, 6.45) is 0. The highest BCUT2D eigenvalue weighted by Crippen LogP contribution is 2.23. The Morgan fingerprint density at radius 1 is 1.21 bits per heavy atom. The molecule has 2 heterocycles. The van der Waals surface area contributed by atoms with Gasteiger partial charge in [0.05, 0.1) is 5.75 Å². The molecule has 3 aromatic rings. The SMILES string of the molecule is CCn1c(SCC(=O)NCc2c(C)cc(C)[nH]c2=O)nnc1-c1ccccc1. The number of nitrogens with zero attached hydrogens (tertiary/aromatic N) is 3. The number of pyridine rings is 1. The molecule has 0 spiro atoms. The molecular formula is C20H23N5O2S. The molecule has 2 N–H and O–H groups in total. The van der Waals surface area contributed by atoms with Crippen LogP contribution in [0.2, 0.25) is 0 Å². The van der Waals surface area contributed by atoms with Crippen molar-refractivity contribution >= 4 is 17.7 Å². The number of benzene rings is 1. The number of hydrogen-bond donors (Lipinski definition) is 2. The lowest BCUT2D eigenvalue weighted by atomic mass is 10.1. The highest BCUT2D eigenvalue weighted by Gasteiger charge is 2.15. The molecule has 0 fully saturated rings. The van der Waals surface area contributed by atoms with Crippen LogP contribution >= 0.6 is 11.8 Å². The molecule has 0 aliphatic heterocycles. The standard InChI is InChI=1S/C20H23N5O2S/c1-4-25-18(15-8-6-5-7-9-15)23-24-20(25)28-12-17(26)21-11-16-13(2)10-14(3)22-19(16)27/h5-10H,4,11-12H2,1-3H3,(H,21,26)(H,22,27). The number of aromatic nitrogens is 4. The summed E-state index contributed by atoms with van der Waals surface area (Å²) in [5.74, 6) is 0.833. The molecule has 0 saturated carbocycles. The van der Waals surface area contributed by atoms with Gasteiger partial charge in [-0.15, -0.1) is 10.2 Å². The smallest absolute Gasteiger partial charge is 0.253 e. The third-order valence-corrected chi connectivity index (χ3v) is 5.32. The second-order valence-electron chi connectivity index (χ2n) is 6.42. The highest BCUT2D eigenvalue weighted by molar-refractivity contribution is 7.99. The molecule has 7 nitrogen and oxygen atoms in total. The van der Waals surface area contributed by atoms with Gasteiger partial charge in [-0.05, 0) is 32.4 Å². The number of rotatable bonds is 7. The zero-order valence-electron chi connectivity index (χ0n) is 16.2. The number of hydrogen-bond acceptors (Lipinski definition) is 5. The first-order valence-corrected chi connectivity index (χ1v) is 10.1. The molecule has 1 amide bonds. The lowest BCUT2D eigenvalue weighted by Gasteiger charge is -2.09. The highest BCUT2D eigenvalue weighted by atomic mass is 32.2. The number of thioether (sulfide) groups is 1. The summed E-state index contributed by atoms with van der Waals surface area (Å²) in [4.78, 5) is 27.1. The maximum atomic E-state index is 12.3. The monoisotopic (exact) mass is 397 g/mol. The second-order valence-corrected chi connectivity index (χ2v) is 7.37. The number of aryl methyl sites for hydroxylation is 2. The van der Waals surface area contributed by atoms with Crippen molar-refractivity contribution in [3.63, 3.8) is 0 Å². The minimum atomic E-state index is -0.163. The predicted molar refractivity (Wildman–Crippen MR) is 110 cm³/mol. The molecule has 0 saturated heterocycles. The van der Waals surface area contributed by atoms with Crippen molar-refractivity contribution in [2.45, 2.75) is 39.0 Å². The van der Waals surface area contributed by atoms with Gasteiger partial charge in [-0.3, -0.25) is 9.59 Å². The second kappa shape index (κ2) is 8.88. The Labute approximate surface area is 167 Å². The average Bonchev–Trinajstić information content (AvgIpc) is 3.09. The quantitative estimate of drug-likeness (QED) is 0.598. The molecule has 0 radical (unpaired) electrons. The summed E-state index contributed by atoms with van der Waals surface area (Å²) in [6.45, 7) is 6.64. The van der Waals surface area contributed by atoms with E-state index in [0.717, 1.165) is 22.6 Å². The average molecular weight is 398 g/mol. The maximum Gasteiger partial charge on any atom is 0.253 e. The number of carbonyl (C=O) groups is 1. The fraction of sp³-hybridized carbons (Fsp3) is 0.300. The predicted octanol–water partition coefficient (Wildman–Crippen LogP) is 2.68. The Hall–Kier alpha value is -2.87. The fourth-order valence-corrected chi connectivity index (χ4v) is 3.78. The summed E-state index contributed by atoms with van der Waals surface area (Å²) in [5.41, 5.74) is 3.08. The first kappa shape index (κ1) is 19.9. The van der Waals surface area contributed by atoms with Gasteiger partial charge in [-0.1, -0.05) is 42.1 Å². The van der Waals surface area contributed by atoms with Crippen molar-refractivity contribution < 1.29 is 4.79 Å². The summed E-state index contributed by atoms with van der Waals surface area (Å²) in [5, 5.41) is 12.0. The van der Waals surface area contributed by atoms with Gasteiger partial charge in [0.15, 0.2) is 11.0 Å². The van der Waals surface area contributed by atoms with Gasteiger partial charge in [0.25, 0.3) is 5.56 Å². The molecule has 0 unspecified atom stereocenters. The van der Waals surface area contributed by atoms with E-state index in [4.69, 9.17) is 0 Å². The first-order valence-electron chi connectivity index (χ1n) is 9.07. The normalized spacial score (nSPS) is 10.8. The lowest BCUT2D eigenvalue weighted by Crippen LogP contribution is -2.29. The van der Waals surface area contributed by atoms with E-state index in [2.05, 4.69) is 20.5 Å². The van der Waals surface area contributed by atoms with E-state index in [1.54, 1.807) is 0 Å². The Morgan fingerprint density at radius 2 is 1.96 bits per heavy atom. The molecule has 3 rings (SSSR count). The third kappa shape index (κ3) is 4.51. The minimum Gasteiger partial charge on any atom is -0.351 e. The molecule has 0 atom stereocenters. The van der Waals surface area contributed by atoms with E-state index in [1.807, 2.05) is 61.7 Å². The van der Waals surface area contributed by atoms with Crippen molar-refractivity contribution in [3.8, 4) is 11.4 Å². The topological polar surface area (TPSA) is 92.7 Å². The molecule has 1 aromatic carbocycles. The van der Waals surface area contributed by atoms with Crippen molar-refractivity contribution in [1.82, 2.24) is 25.1 Å². The van der Waals surface area contributed by atoms with Crippen LogP contribution in [-0.4, -0.2) is 31.4 Å². The minimum absolute atomic E-state index is 0.156. The molecule has 0 bridgehead atoms. The Morgan fingerprint density at radius 3 is 2.64 bits per heavy atom. The number of H-pyrrole nitrogens is 1. The fourth-order valence-electron chi connectivity index (χ4n) is 2.95. The van der Waals surface area contributed by atoms with E-state index in [1.165, 1.54) is 11.8 Å². The van der Waals surface area contributed by atoms with Gasteiger partial charge >= 0.3 is 0 Å². The van der Waals surface area contributed by atoms with E-state index >= 15 is 0 Å². The lowest BCUT2D eigenvalue weighted by molar-refractivity contribution is -0.118. The number of nitrogens with one attached hydrogen (secondary N) is 2. The molecule has 2 aromatic heterocycles. The first-order chi connectivity index (χ1) is 13.5. The Bertz CT molecular complexity index is 1030. The molecule has 0 aliphatic rings. The number of aromatic amines is 1. The summed E-state index contributed by atoms with van der Waals surface area (Å²) < 4.78 is 1.99. The van der Waals surface area contributed by atoms with Crippen LogP contribution in [0.15, 0.2) is 46.3 Å². The summed E-state index contributed by atoms with van der Waals surface area (Å²) in [7, 11) is 0. The Kier molecular flexibility index (Phi) is 6.30. The van der Waals surface area contributed by atoms with Crippen LogP contribution in [0.25, 0.3) is 11.4 Å². The van der Waals surface area contributed by atoms with Crippen LogP contribution < -0.4 is 10.9 Å². The van der Waals surface area contributed by atoms with Crippen molar-refractivity contribution in [3.05, 3.63) is 63.6 Å². The van der Waals surface area contributed by atoms with Crippen LogP contribution in [0, 0.1) is 13.8 Å². The molecule has 146 valence electrons. The molecule has 28 heavy (non-hydrogen) atoms. The van der Waals surface area contributed by atoms with Crippen LogP contribution in [0.4, 0.5) is 0 Å². The largest absolute Gasteiger partial charge is 0.351 e. The van der Waals surface area contributed by atoms with Crippen LogP contribution in [0.3, 0.4) is 0 Å². The summed E-state index contributed by atoms with van der Waals surface area (Å²) in [6, 6.07) is 11.7. The van der Waals surface area contributed by atoms with E-state index in [0.29, 0.717) is 17.3 Å². The zero-order valence-corrected chi connectivity index (χ0v) is 17.0. The van der Waals surface area contributed by atoms with Gasteiger partial charge in [0.2, 0.25) is 5.91 Å². The number of carbonyl (C=O) groups excluding carboxylic acids is 1. The van der Waals surface area contributed by atoms with Gasteiger partial charge in [0, 0.05) is 29.9 Å². The Balaban J connectivity index is 1.63. The molecule has 0 aliphatic carbocycles. The van der Waals surface area contributed by atoms with E-state index < -0.39 is 0 Å². The molecule has 8 heteroatoms. The van der Waals surface area contributed by atoms with Crippen molar-refractivity contribution in [2.24, 2.45) is 0 Å². The third-order valence-electron chi connectivity index (χ3n) is 4.35. The van der Waals surface area contributed by atoms with Crippen LogP contribution in [0.5, 0.6) is 0 Å². The van der Waals surface area contributed by atoms with Crippen LogP contribution in [-0.2, 0) is 17.9 Å². The zero-order chi connectivity index (χ0) is 20.1. The molecular weight excluding hydrogens is 374 g/mol. The summed E-state index contributed by atoms with van der Waals surface area (Å²) >= 11 is 1.33. The van der Waals surface area contributed by atoms with Crippen molar-refractivity contribution in [1.29, 1.82) is 0 Å².